The molecule has 0 bridgehead atoms. The number of carboxylic acid groups (broad SMARTS) is 1. The second-order valence-corrected chi connectivity index (χ2v) is 9.26. The SMILES string of the molecule is O=C(O)c1ccc(N2CCC(/C=C/c3c(-c4c(Cl)cccc4Cl)noc3C3CC3)CC2)nn1. The predicted molar refractivity (Wildman–Crippen MR) is 127 cm³/mol. The number of carboxylic acids is 1. The summed E-state index contributed by atoms with van der Waals surface area (Å²) < 4.78 is 5.74. The van der Waals surface area contributed by atoms with E-state index in [9.17, 15) is 4.79 Å². The number of hydrogen-bond acceptors (Lipinski definition) is 6. The lowest BCUT2D eigenvalue weighted by Crippen LogP contribution is -2.33. The summed E-state index contributed by atoms with van der Waals surface area (Å²) in [6.07, 6.45) is 8.44. The first-order chi connectivity index (χ1) is 16.0. The fourth-order valence-electron chi connectivity index (χ4n) is 4.18. The third-order valence-corrected chi connectivity index (χ3v) is 6.80. The van der Waals surface area contributed by atoms with E-state index in [0.29, 0.717) is 39.0 Å². The Morgan fingerprint density at radius 2 is 1.79 bits per heavy atom. The Morgan fingerprint density at radius 1 is 1.06 bits per heavy atom. The van der Waals surface area contributed by atoms with Gasteiger partial charge in [-0.05, 0) is 55.9 Å². The van der Waals surface area contributed by atoms with Crippen molar-refractivity contribution in [2.45, 2.75) is 31.6 Å². The lowest BCUT2D eigenvalue weighted by Gasteiger charge is -2.31. The average Bonchev–Trinajstić information content (AvgIpc) is 3.58. The molecule has 1 aliphatic heterocycles. The molecule has 1 N–H and O–H groups in total. The number of piperidine rings is 1. The van der Waals surface area contributed by atoms with E-state index < -0.39 is 5.97 Å². The van der Waals surface area contributed by atoms with Crippen molar-refractivity contribution < 1.29 is 14.4 Å². The maximum absolute atomic E-state index is 11.0. The van der Waals surface area contributed by atoms with Gasteiger partial charge in [0.05, 0.1) is 10.0 Å². The summed E-state index contributed by atoms with van der Waals surface area (Å²) in [7, 11) is 0. The summed E-state index contributed by atoms with van der Waals surface area (Å²) in [4.78, 5) is 13.1. The Labute approximate surface area is 201 Å². The second-order valence-electron chi connectivity index (χ2n) is 8.45. The molecule has 0 radical (unpaired) electrons. The third kappa shape index (κ3) is 4.61. The number of rotatable bonds is 6. The number of carbonyl (C=O) groups is 1. The van der Waals surface area contributed by atoms with Gasteiger partial charge in [-0.3, -0.25) is 0 Å². The minimum Gasteiger partial charge on any atom is -0.476 e. The van der Waals surface area contributed by atoms with Crippen LogP contribution in [-0.2, 0) is 0 Å². The third-order valence-electron chi connectivity index (χ3n) is 6.17. The van der Waals surface area contributed by atoms with Gasteiger partial charge in [0.15, 0.2) is 11.5 Å². The maximum Gasteiger partial charge on any atom is 0.356 e. The van der Waals surface area contributed by atoms with E-state index in [0.717, 1.165) is 50.1 Å². The van der Waals surface area contributed by atoms with Gasteiger partial charge in [0.25, 0.3) is 0 Å². The molecule has 170 valence electrons. The van der Waals surface area contributed by atoms with Crippen LogP contribution in [0.5, 0.6) is 0 Å². The number of nitrogens with zero attached hydrogens (tertiary/aromatic N) is 4. The fraction of sp³-hybridized carbons (Fsp3) is 0.333. The number of hydrogen-bond donors (Lipinski definition) is 1. The second kappa shape index (κ2) is 9.15. The highest BCUT2D eigenvalue weighted by Gasteiger charge is 2.32. The fourth-order valence-corrected chi connectivity index (χ4v) is 4.75. The number of halogens is 2. The van der Waals surface area contributed by atoms with Crippen LogP contribution in [0.25, 0.3) is 17.3 Å². The summed E-state index contributed by atoms with van der Waals surface area (Å²) >= 11 is 12.9. The van der Waals surface area contributed by atoms with Crippen molar-refractivity contribution in [2.75, 3.05) is 18.0 Å². The van der Waals surface area contributed by atoms with Gasteiger partial charge in [0.2, 0.25) is 0 Å². The highest BCUT2D eigenvalue weighted by atomic mass is 35.5. The molecule has 2 aromatic heterocycles. The number of anilines is 1. The summed E-state index contributed by atoms with van der Waals surface area (Å²) in [6.45, 7) is 1.64. The van der Waals surface area contributed by atoms with E-state index in [1.807, 2.05) is 18.2 Å². The Kier molecular flexibility index (Phi) is 6.08. The molecular formula is C24H22Cl2N4O3. The summed E-state index contributed by atoms with van der Waals surface area (Å²) in [5.41, 5.74) is 2.31. The Bertz CT molecular complexity index is 1180. The molecule has 0 spiro atoms. The monoisotopic (exact) mass is 484 g/mol. The quantitative estimate of drug-likeness (QED) is 0.462. The average molecular weight is 485 g/mol. The molecule has 0 atom stereocenters. The van der Waals surface area contributed by atoms with Crippen molar-refractivity contribution in [1.29, 1.82) is 0 Å². The Balaban J connectivity index is 1.32. The molecule has 1 saturated carbocycles. The molecule has 9 heteroatoms. The molecule has 0 unspecified atom stereocenters. The smallest absolute Gasteiger partial charge is 0.356 e. The van der Waals surface area contributed by atoms with Crippen LogP contribution in [0.2, 0.25) is 10.0 Å². The van der Waals surface area contributed by atoms with Gasteiger partial charge in [0.1, 0.15) is 11.5 Å². The topological polar surface area (TPSA) is 92.3 Å². The van der Waals surface area contributed by atoms with Gasteiger partial charge in [-0.25, -0.2) is 4.79 Å². The van der Waals surface area contributed by atoms with Gasteiger partial charge in [-0.1, -0.05) is 46.6 Å². The zero-order valence-electron chi connectivity index (χ0n) is 17.7. The van der Waals surface area contributed by atoms with Crippen molar-refractivity contribution in [3.8, 4) is 11.3 Å². The molecule has 3 aromatic rings. The van der Waals surface area contributed by atoms with Crippen LogP contribution in [0.15, 0.2) is 40.9 Å². The molecule has 33 heavy (non-hydrogen) atoms. The maximum atomic E-state index is 11.0. The van der Waals surface area contributed by atoms with Gasteiger partial charge in [0, 0.05) is 30.1 Å². The highest BCUT2D eigenvalue weighted by molar-refractivity contribution is 6.39. The van der Waals surface area contributed by atoms with Gasteiger partial charge in [-0.2, -0.15) is 0 Å². The van der Waals surface area contributed by atoms with E-state index in [4.69, 9.17) is 32.8 Å². The lowest BCUT2D eigenvalue weighted by atomic mass is 9.94. The number of allylic oxidation sites excluding steroid dienone is 1. The Hall–Kier alpha value is -2.90. The largest absolute Gasteiger partial charge is 0.476 e. The number of aromatic nitrogens is 3. The van der Waals surface area contributed by atoms with E-state index in [1.54, 1.807) is 6.07 Å². The van der Waals surface area contributed by atoms with E-state index in [-0.39, 0.29) is 5.69 Å². The zero-order valence-corrected chi connectivity index (χ0v) is 19.3. The molecule has 1 aromatic carbocycles. The van der Waals surface area contributed by atoms with Crippen LogP contribution in [0, 0.1) is 5.92 Å². The van der Waals surface area contributed by atoms with Crippen molar-refractivity contribution in [1.82, 2.24) is 15.4 Å². The summed E-state index contributed by atoms with van der Waals surface area (Å²) in [5.74, 6) is 1.33. The minimum absolute atomic E-state index is 0.0498. The van der Waals surface area contributed by atoms with Crippen molar-refractivity contribution in [3.63, 3.8) is 0 Å². The van der Waals surface area contributed by atoms with Gasteiger partial charge in [-0.15, -0.1) is 10.2 Å². The minimum atomic E-state index is -1.07. The van der Waals surface area contributed by atoms with Crippen molar-refractivity contribution >= 4 is 41.1 Å². The standard InChI is InChI=1S/C24H22Cl2N4O3/c25-17-2-1-3-18(26)21(17)22-16(23(33-29-22)15-5-6-15)7-4-14-10-12-30(13-11-14)20-9-8-19(24(31)32)27-28-20/h1-4,7-9,14-15H,5-6,10-13H2,(H,31,32)/b7-4+. The molecule has 0 amide bonds. The zero-order chi connectivity index (χ0) is 22.9. The van der Waals surface area contributed by atoms with Crippen LogP contribution < -0.4 is 4.90 Å². The normalized spacial score (nSPS) is 17.1. The number of benzene rings is 1. The van der Waals surface area contributed by atoms with Crippen LogP contribution in [0.4, 0.5) is 5.82 Å². The van der Waals surface area contributed by atoms with Crippen molar-refractivity contribution in [3.05, 3.63) is 63.5 Å². The van der Waals surface area contributed by atoms with Crippen LogP contribution in [-0.4, -0.2) is 39.5 Å². The molecule has 1 aliphatic carbocycles. The first-order valence-electron chi connectivity index (χ1n) is 11.0. The molecule has 1 saturated heterocycles. The predicted octanol–water partition coefficient (Wildman–Crippen LogP) is 5.94. The molecule has 2 fully saturated rings. The van der Waals surface area contributed by atoms with E-state index in [2.05, 4.69) is 32.4 Å². The van der Waals surface area contributed by atoms with Crippen molar-refractivity contribution in [2.24, 2.45) is 5.92 Å². The van der Waals surface area contributed by atoms with Gasteiger partial charge >= 0.3 is 5.97 Å². The molecule has 3 heterocycles. The Morgan fingerprint density at radius 3 is 2.39 bits per heavy atom. The first-order valence-corrected chi connectivity index (χ1v) is 11.7. The molecule has 7 nitrogen and oxygen atoms in total. The van der Waals surface area contributed by atoms with Gasteiger partial charge < -0.3 is 14.5 Å². The van der Waals surface area contributed by atoms with Crippen LogP contribution in [0.1, 0.15) is 53.4 Å². The van der Waals surface area contributed by atoms with E-state index in [1.165, 1.54) is 6.07 Å². The molecule has 5 rings (SSSR count). The first kappa shape index (κ1) is 21.9. The van der Waals surface area contributed by atoms with Crippen LogP contribution in [0.3, 0.4) is 0 Å². The summed E-state index contributed by atoms with van der Waals surface area (Å²) in [5, 5.41) is 22.3. The summed E-state index contributed by atoms with van der Waals surface area (Å²) in [6, 6.07) is 8.64. The number of aromatic carboxylic acids is 1. The van der Waals surface area contributed by atoms with Crippen LogP contribution >= 0.6 is 23.2 Å². The highest BCUT2D eigenvalue weighted by Crippen LogP contribution is 2.46. The van der Waals surface area contributed by atoms with E-state index >= 15 is 0 Å². The lowest BCUT2D eigenvalue weighted by molar-refractivity contribution is 0.0689. The molecule has 2 aliphatic rings. The molecular weight excluding hydrogens is 463 g/mol.